The lowest BCUT2D eigenvalue weighted by Gasteiger charge is -2.33. The maximum absolute atomic E-state index is 6.24. The second-order valence-electron chi connectivity index (χ2n) is 8.16. The van der Waals surface area contributed by atoms with E-state index in [2.05, 4.69) is 65.0 Å². The van der Waals surface area contributed by atoms with Crippen molar-refractivity contribution in [2.75, 3.05) is 0 Å². The van der Waals surface area contributed by atoms with Crippen LogP contribution in [0, 0.1) is 0 Å². The third-order valence-corrected chi connectivity index (χ3v) is 5.20. The van der Waals surface area contributed by atoms with Crippen molar-refractivity contribution in [3.8, 4) is 0 Å². The number of nitrogens with one attached hydrogen (secondary N) is 1. The van der Waals surface area contributed by atoms with Crippen LogP contribution in [0.2, 0.25) is 39.3 Å². The van der Waals surface area contributed by atoms with Gasteiger partial charge >= 0.3 is 0 Å². The van der Waals surface area contributed by atoms with Crippen molar-refractivity contribution in [1.29, 1.82) is 0 Å². The number of hydrogen-bond acceptors (Lipinski definition) is 2. The zero-order valence-corrected chi connectivity index (χ0v) is 16.1. The minimum Gasteiger partial charge on any atom is -0.413 e. The van der Waals surface area contributed by atoms with E-state index in [1.54, 1.807) is 0 Å². The molecule has 0 aromatic carbocycles. The summed E-state index contributed by atoms with van der Waals surface area (Å²) in [5.74, 6) is 0. The van der Waals surface area contributed by atoms with Crippen molar-refractivity contribution in [3.05, 3.63) is 0 Å². The first kappa shape index (κ1) is 18.4. The molecule has 4 heteroatoms. The van der Waals surface area contributed by atoms with Gasteiger partial charge in [-0.05, 0) is 58.8 Å². The summed E-state index contributed by atoms with van der Waals surface area (Å²) in [7, 11) is -2.55. The highest BCUT2D eigenvalue weighted by Crippen LogP contribution is 2.23. The molecule has 1 N–H and O–H groups in total. The Morgan fingerprint density at radius 2 is 1.56 bits per heavy atom. The van der Waals surface area contributed by atoms with Crippen LogP contribution in [-0.4, -0.2) is 28.2 Å². The highest BCUT2D eigenvalue weighted by atomic mass is 28.4. The Labute approximate surface area is 117 Å². The summed E-state index contributed by atoms with van der Waals surface area (Å²) in [6, 6.07) is 0.638. The van der Waals surface area contributed by atoms with Crippen molar-refractivity contribution in [2.45, 2.75) is 91.0 Å². The molecule has 0 aromatic heterocycles. The van der Waals surface area contributed by atoms with Crippen LogP contribution in [0.4, 0.5) is 0 Å². The summed E-state index contributed by atoms with van der Waals surface area (Å²) in [5.41, 5.74) is 0.0450. The zero-order valence-electron chi connectivity index (χ0n) is 14.1. The van der Waals surface area contributed by atoms with Gasteiger partial charge in [-0.3, -0.25) is 0 Å². The predicted octanol–water partition coefficient (Wildman–Crippen LogP) is 4.60. The van der Waals surface area contributed by atoms with Crippen LogP contribution >= 0.6 is 0 Å². The summed E-state index contributed by atoms with van der Waals surface area (Å²) < 4.78 is 6.24. The first-order valence-electron chi connectivity index (χ1n) is 7.29. The van der Waals surface area contributed by atoms with Gasteiger partial charge < -0.3 is 9.41 Å². The fourth-order valence-electron chi connectivity index (χ4n) is 2.53. The smallest absolute Gasteiger partial charge is 0.184 e. The molecule has 1 atom stereocenters. The van der Waals surface area contributed by atoms with E-state index in [9.17, 15) is 0 Å². The van der Waals surface area contributed by atoms with Crippen LogP contribution in [0.5, 0.6) is 0 Å². The van der Waals surface area contributed by atoms with Crippen molar-refractivity contribution in [2.24, 2.45) is 0 Å². The molecule has 0 bridgehead atoms. The normalized spacial score (nSPS) is 15.8. The average molecular weight is 290 g/mol. The first-order valence-corrected chi connectivity index (χ1v) is 14.2. The molecule has 0 amide bonds. The van der Waals surface area contributed by atoms with Gasteiger partial charge in [0.2, 0.25) is 0 Å². The molecule has 2 nitrogen and oxygen atoms in total. The van der Waals surface area contributed by atoms with Gasteiger partial charge in [-0.15, -0.1) is 0 Å². The van der Waals surface area contributed by atoms with E-state index in [0.29, 0.717) is 6.04 Å². The molecule has 0 aliphatic heterocycles. The Bertz CT molecular complexity index is 241. The van der Waals surface area contributed by atoms with Crippen molar-refractivity contribution >= 4 is 16.6 Å². The molecule has 0 saturated heterocycles. The Hall–Kier alpha value is 0.354. The molecule has 0 saturated carbocycles. The van der Waals surface area contributed by atoms with Crippen LogP contribution in [0.3, 0.4) is 0 Å². The van der Waals surface area contributed by atoms with E-state index in [1.807, 2.05) is 0 Å². The summed E-state index contributed by atoms with van der Waals surface area (Å²) >= 11 is 0. The van der Waals surface area contributed by atoms with Gasteiger partial charge in [-0.2, -0.15) is 0 Å². The number of hydrogen-bond donors (Lipinski definition) is 1. The maximum atomic E-state index is 6.24. The molecule has 0 rings (SSSR count). The van der Waals surface area contributed by atoms with Crippen molar-refractivity contribution < 1.29 is 4.43 Å². The minimum atomic E-state index is -1.42. The lowest BCUT2D eigenvalue weighted by atomic mass is 10.00. The first-order chi connectivity index (χ1) is 7.81. The summed E-state index contributed by atoms with van der Waals surface area (Å²) in [5, 5.41) is 0. The topological polar surface area (TPSA) is 21.3 Å². The summed E-state index contributed by atoms with van der Waals surface area (Å²) in [4.78, 5) is 3.76. The fraction of sp³-hybridized carbons (Fsp3) is 1.00. The molecule has 0 fully saturated rings. The molecule has 1 unspecified atom stereocenters. The molecule has 0 spiro atoms. The van der Waals surface area contributed by atoms with Crippen molar-refractivity contribution in [3.63, 3.8) is 0 Å². The van der Waals surface area contributed by atoms with Gasteiger partial charge in [0.15, 0.2) is 8.32 Å². The zero-order chi connectivity index (χ0) is 14.6. The standard InChI is InChI=1S/C14H35NOSi2/c1-13(15-17(4,5)6)11-10-12-14(2,3)16-18(7,8)9/h13,15H,10-12H2,1-9H3. The summed E-state index contributed by atoms with van der Waals surface area (Å²) in [6.07, 6.45) is 3.66. The molecular formula is C14H35NOSi2. The van der Waals surface area contributed by atoms with Crippen LogP contribution < -0.4 is 4.98 Å². The average Bonchev–Trinajstić information content (AvgIpc) is 1.93. The monoisotopic (exact) mass is 289 g/mol. The lowest BCUT2D eigenvalue weighted by molar-refractivity contribution is 0.0877. The van der Waals surface area contributed by atoms with E-state index in [4.69, 9.17) is 4.43 Å². The highest BCUT2D eigenvalue weighted by molar-refractivity contribution is 6.73. The van der Waals surface area contributed by atoms with Crippen LogP contribution in [0.1, 0.15) is 40.0 Å². The Kier molecular flexibility index (Phi) is 6.81. The SMILES string of the molecule is CC(CCCC(C)(C)O[Si](C)(C)C)N[Si](C)(C)C. The molecular weight excluding hydrogens is 254 g/mol. The van der Waals surface area contributed by atoms with Gasteiger partial charge in [0.1, 0.15) is 8.24 Å². The van der Waals surface area contributed by atoms with E-state index < -0.39 is 16.6 Å². The molecule has 0 aromatic rings. The third-order valence-electron chi connectivity index (χ3n) is 2.68. The largest absolute Gasteiger partial charge is 0.413 e. The Morgan fingerprint density at radius 3 is 1.94 bits per heavy atom. The molecule has 0 heterocycles. The molecule has 0 radical (unpaired) electrons. The Morgan fingerprint density at radius 1 is 1.06 bits per heavy atom. The van der Waals surface area contributed by atoms with E-state index in [1.165, 1.54) is 12.8 Å². The lowest BCUT2D eigenvalue weighted by Crippen LogP contribution is -2.46. The maximum Gasteiger partial charge on any atom is 0.184 e. The van der Waals surface area contributed by atoms with E-state index in [0.717, 1.165) is 6.42 Å². The van der Waals surface area contributed by atoms with Crippen molar-refractivity contribution in [1.82, 2.24) is 4.98 Å². The predicted molar refractivity (Wildman–Crippen MR) is 88.3 cm³/mol. The molecule has 18 heavy (non-hydrogen) atoms. The van der Waals surface area contributed by atoms with Crippen LogP contribution in [0.25, 0.3) is 0 Å². The summed E-state index contributed by atoms with van der Waals surface area (Å²) in [6.45, 7) is 20.7. The molecule has 0 aliphatic carbocycles. The van der Waals surface area contributed by atoms with E-state index >= 15 is 0 Å². The van der Waals surface area contributed by atoms with Crippen LogP contribution in [0.15, 0.2) is 0 Å². The third kappa shape index (κ3) is 11.4. The fourth-order valence-corrected chi connectivity index (χ4v) is 5.91. The van der Waals surface area contributed by atoms with E-state index in [-0.39, 0.29) is 5.60 Å². The second-order valence-corrected chi connectivity index (χ2v) is 17.4. The quantitative estimate of drug-likeness (QED) is 0.659. The minimum absolute atomic E-state index is 0.0450. The van der Waals surface area contributed by atoms with Gasteiger partial charge in [-0.1, -0.05) is 26.6 Å². The Balaban J connectivity index is 3.96. The highest BCUT2D eigenvalue weighted by Gasteiger charge is 2.27. The van der Waals surface area contributed by atoms with Gasteiger partial charge in [-0.25, -0.2) is 0 Å². The van der Waals surface area contributed by atoms with Gasteiger partial charge in [0, 0.05) is 0 Å². The van der Waals surface area contributed by atoms with Gasteiger partial charge in [0.05, 0.1) is 5.60 Å². The molecule has 0 aliphatic rings. The van der Waals surface area contributed by atoms with Gasteiger partial charge in [0.25, 0.3) is 0 Å². The second kappa shape index (κ2) is 6.68. The number of rotatable bonds is 8. The van der Waals surface area contributed by atoms with Crippen LogP contribution in [-0.2, 0) is 4.43 Å². The molecule has 110 valence electrons.